The van der Waals surface area contributed by atoms with Crippen LogP contribution in [-0.2, 0) is 0 Å². The first-order valence-corrected chi connectivity index (χ1v) is 8.97. The number of benzene rings is 2. The number of thiazole rings is 1. The van der Waals surface area contributed by atoms with Crippen molar-refractivity contribution in [3.63, 3.8) is 0 Å². The number of nitrogens with zero attached hydrogens (tertiary/aromatic N) is 2. The average molecular weight is 361 g/mol. The van der Waals surface area contributed by atoms with Crippen LogP contribution in [0.25, 0.3) is 32.3 Å². The van der Waals surface area contributed by atoms with Gasteiger partial charge in [0.2, 0.25) is 0 Å². The van der Waals surface area contributed by atoms with Gasteiger partial charge in [-0.1, -0.05) is 23.8 Å². The molecule has 0 spiro atoms. The molecule has 0 bridgehead atoms. The van der Waals surface area contributed by atoms with Crippen LogP contribution in [0, 0.1) is 12.7 Å². The molecule has 2 heterocycles. The number of aromatic nitrogens is 2. The van der Waals surface area contributed by atoms with E-state index in [0.717, 1.165) is 32.3 Å². The third-order valence-electron chi connectivity index (χ3n) is 4.05. The van der Waals surface area contributed by atoms with E-state index in [1.54, 1.807) is 29.7 Å². The van der Waals surface area contributed by atoms with E-state index in [-0.39, 0.29) is 5.82 Å². The minimum absolute atomic E-state index is 0.258. The Morgan fingerprint density at radius 3 is 2.46 bits per heavy atom. The Kier molecular flexibility index (Phi) is 4.22. The number of anilines is 1. The number of nitrogen functional groups attached to an aromatic ring is 1. The molecule has 0 atom stereocenters. The van der Waals surface area contributed by atoms with Crippen LogP contribution in [0.3, 0.4) is 0 Å². The Hall–Kier alpha value is -3.05. The molecule has 0 amide bonds. The molecular weight excluding hydrogens is 345 g/mol. The summed E-state index contributed by atoms with van der Waals surface area (Å²) in [6.07, 6.45) is 1.70. The smallest absolute Gasteiger partial charge is 0.124 e. The molecule has 128 valence electrons. The number of pyridine rings is 1. The van der Waals surface area contributed by atoms with Gasteiger partial charge < -0.3 is 5.73 Å². The summed E-state index contributed by atoms with van der Waals surface area (Å²) in [6, 6.07) is 18.4. The fraction of sp³-hybridized carbons (Fsp3) is 0.0476. The quantitative estimate of drug-likeness (QED) is 0.519. The summed E-state index contributed by atoms with van der Waals surface area (Å²) in [7, 11) is 0. The molecule has 0 fully saturated rings. The van der Waals surface area contributed by atoms with Crippen LogP contribution in [0.15, 0.2) is 66.9 Å². The van der Waals surface area contributed by atoms with E-state index in [0.29, 0.717) is 5.82 Å². The van der Waals surface area contributed by atoms with E-state index in [4.69, 9.17) is 10.7 Å². The Balaban J connectivity index is 1.92. The lowest BCUT2D eigenvalue weighted by Gasteiger charge is -2.04. The Morgan fingerprint density at radius 1 is 0.923 bits per heavy atom. The fourth-order valence-corrected chi connectivity index (χ4v) is 3.90. The lowest BCUT2D eigenvalue weighted by molar-refractivity contribution is 0.628. The lowest BCUT2D eigenvalue weighted by atomic mass is 10.1. The van der Waals surface area contributed by atoms with Crippen LogP contribution in [0.2, 0.25) is 0 Å². The molecular formula is C21H16FN3S. The van der Waals surface area contributed by atoms with Crippen LogP contribution in [0.4, 0.5) is 10.2 Å². The van der Waals surface area contributed by atoms with E-state index in [9.17, 15) is 4.39 Å². The summed E-state index contributed by atoms with van der Waals surface area (Å²) >= 11 is 1.56. The number of aryl methyl sites for hydroxylation is 1. The standard InChI is InChI=1S/C21H16FN3S/c1-13-3-2-4-15(11-13)19-20(16-9-10-24-18(23)12-16)26-21(25-19)14-5-7-17(22)8-6-14/h2-12H,1H3,(H2,23,24). The largest absolute Gasteiger partial charge is 0.384 e. The van der Waals surface area contributed by atoms with Gasteiger partial charge in [0.1, 0.15) is 16.6 Å². The van der Waals surface area contributed by atoms with Crippen molar-refractivity contribution in [3.8, 4) is 32.3 Å². The van der Waals surface area contributed by atoms with Crippen LogP contribution >= 0.6 is 11.3 Å². The average Bonchev–Trinajstić information content (AvgIpc) is 3.08. The van der Waals surface area contributed by atoms with Crippen molar-refractivity contribution < 1.29 is 4.39 Å². The Labute approximate surface area is 155 Å². The number of hydrogen-bond donors (Lipinski definition) is 1. The molecule has 2 aromatic heterocycles. The van der Waals surface area contributed by atoms with Gasteiger partial charge in [0.05, 0.1) is 10.6 Å². The molecule has 0 saturated heterocycles. The fourth-order valence-electron chi connectivity index (χ4n) is 2.81. The second-order valence-corrected chi connectivity index (χ2v) is 7.04. The van der Waals surface area contributed by atoms with E-state index >= 15 is 0 Å². The Morgan fingerprint density at radius 2 is 1.73 bits per heavy atom. The number of halogens is 1. The first-order chi connectivity index (χ1) is 12.6. The van der Waals surface area contributed by atoms with Gasteiger partial charge in [-0.2, -0.15) is 0 Å². The summed E-state index contributed by atoms with van der Waals surface area (Å²) in [5, 5.41) is 0.840. The SMILES string of the molecule is Cc1cccc(-c2nc(-c3ccc(F)cc3)sc2-c2ccnc(N)c2)c1. The van der Waals surface area contributed by atoms with Crippen molar-refractivity contribution in [2.75, 3.05) is 5.73 Å². The van der Waals surface area contributed by atoms with E-state index in [2.05, 4.69) is 24.0 Å². The van der Waals surface area contributed by atoms with Crippen LogP contribution in [0.1, 0.15) is 5.56 Å². The van der Waals surface area contributed by atoms with E-state index in [1.807, 2.05) is 24.3 Å². The molecule has 2 aromatic carbocycles. The molecule has 5 heteroatoms. The van der Waals surface area contributed by atoms with Gasteiger partial charge in [0.25, 0.3) is 0 Å². The number of hydrogen-bond acceptors (Lipinski definition) is 4. The molecule has 3 nitrogen and oxygen atoms in total. The highest BCUT2D eigenvalue weighted by atomic mass is 32.1. The maximum absolute atomic E-state index is 13.3. The van der Waals surface area contributed by atoms with Gasteiger partial charge in [-0.15, -0.1) is 11.3 Å². The van der Waals surface area contributed by atoms with Crippen molar-refractivity contribution in [2.24, 2.45) is 0 Å². The number of rotatable bonds is 3. The predicted molar refractivity (Wildman–Crippen MR) is 105 cm³/mol. The molecule has 0 aliphatic heterocycles. The minimum Gasteiger partial charge on any atom is -0.384 e. The van der Waals surface area contributed by atoms with Gasteiger partial charge >= 0.3 is 0 Å². The molecule has 2 N–H and O–H groups in total. The van der Waals surface area contributed by atoms with Crippen LogP contribution in [-0.4, -0.2) is 9.97 Å². The summed E-state index contributed by atoms with van der Waals surface area (Å²) in [5.41, 5.74) is 10.8. The monoisotopic (exact) mass is 361 g/mol. The second-order valence-electron chi connectivity index (χ2n) is 6.04. The third-order valence-corrected chi connectivity index (χ3v) is 5.21. The first kappa shape index (κ1) is 16.4. The van der Waals surface area contributed by atoms with Crippen LogP contribution < -0.4 is 5.73 Å². The maximum atomic E-state index is 13.3. The van der Waals surface area contributed by atoms with Gasteiger partial charge in [-0.3, -0.25) is 0 Å². The normalized spacial score (nSPS) is 10.8. The molecule has 0 saturated carbocycles. The molecule has 0 radical (unpaired) electrons. The highest BCUT2D eigenvalue weighted by Crippen LogP contribution is 2.40. The summed E-state index contributed by atoms with van der Waals surface area (Å²) in [4.78, 5) is 9.96. The molecule has 0 aliphatic rings. The second kappa shape index (κ2) is 6.69. The van der Waals surface area contributed by atoms with E-state index in [1.165, 1.54) is 17.7 Å². The highest BCUT2D eigenvalue weighted by Gasteiger charge is 2.16. The van der Waals surface area contributed by atoms with Gasteiger partial charge in [-0.05, 0) is 55.0 Å². The Bertz CT molecular complexity index is 1010. The van der Waals surface area contributed by atoms with Crippen molar-refractivity contribution in [1.29, 1.82) is 0 Å². The summed E-state index contributed by atoms with van der Waals surface area (Å²) in [5.74, 6) is 0.209. The lowest BCUT2D eigenvalue weighted by Crippen LogP contribution is -1.89. The zero-order valence-electron chi connectivity index (χ0n) is 14.1. The molecule has 0 unspecified atom stereocenters. The zero-order chi connectivity index (χ0) is 18.1. The predicted octanol–water partition coefficient (Wildman–Crippen LogP) is 5.57. The van der Waals surface area contributed by atoms with E-state index < -0.39 is 0 Å². The molecule has 0 aliphatic carbocycles. The van der Waals surface area contributed by atoms with Crippen molar-refractivity contribution in [3.05, 3.63) is 78.2 Å². The zero-order valence-corrected chi connectivity index (χ0v) is 14.9. The van der Waals surface area contributed by atoms with Crippen molar-refractivity contribution in [1.82, 2.24) is 9.97 Å². The summed E-state index contributed by atoms with van der Waals surface area (Å²) in [6.45, 7) is 2.06. The topological polar surface area (TPSA) is 51.8 Å². The summed E-state index contributed by atoms with van der Waals surface area (Å²) < 4.78 is 13.3. The van der Waals surface area contributed by atoms with Crippen molar-refractivity contribution in [2.45, 2.75) is 6.92 Å². The van der Waals surface area contributed by atoms with Gasteiger partial charge in [0.15, 0.2) is 0 Å². The maximum Gasteiger partial charge on any atom is 0.124 e. The highest BCUT2D eigenvalue weighted by molar-refractivity contribution is 7.19. The first-order valence-electron chi connectivity index (χ1n) is 8.16. The molecule has 26 heavy (non-hydrogen) atoms. The molecule has 4 aromatic rings. The van der Waals surface area contributed by atoms with Crippen molar-refractivity contribution >= 4 is 17.2 Å². The molecule has 4 rings (SSSR count). The van der Waals surface area contributed by atoms with Gasteiger partial charge in [0, 0.05) is 17.3 Å². The van der Waals surface area contributed by atoms with Gasteiger partial charge in [-0.25, -0.2) is 14.4 Å². The number of nitrogens with two attached hydrogens (primary N) is 1. The minimum atomic E-state index is -0.258. The van der Waals surface area contributed by atoms with Crippen LogP contribution in [0.5, 0.6) is 0 Å². The third kappa shape index (κ3) is 3.21.